The highest BCUT2D eigenvalue weighted by atomic mass is 35.5. The Labute approximate surface area is 210 Å². The molecule has 0 atom stereocenters. The largest absolute Gasteiger partial charge is 0.494 e. The van der Waals surface area contributed by atoms with Crippen molar-refractivity contribution in [2.75, 3.05) is 6.61 Å². The number of hydrogen-bond acceptors (Lipinski definition) is 6. The van der Waals surface area contributed by atoms with Crippen LogP contribution in [0, 0.1) is 0 Å². The molecule has 36 heavy (non-hydrogen) atoms. The van der Waals surface area contributed by atoms with Gasteiger partial charge in [0.2, 0.25) is 11.8 Å². The van der Waals surface area contributed by atoms with Crippen LogP contribution in [0.1, 0.15) is 26.3 Å². The minimum Gasteiger partial charge on any atom is -0.494 e. The Hall–Kier alpha value is -3.72. The molecule has 0 aliphatic rings. The van der Waals surface area contributed by atoms with Crippen molar-refractivity contribution < 1.29 is 38.0 Å². The normalized spacial score (nSPS) is 11.6. The standard InChI is InChI=1S/C26H24ClF2NO6/c1-4-34-19(31)12-14-9-10-18(17(27)11-14)30-24(32)20-21(25(30)33)23(36-26(28)29)16-8-6-5-7-15(16)22(20)35-13(2)3/h5-11,13,26,32-33H,4,12H2,1-3H3. The summed E-state index contributed by atoms with van der Waals surface area (Å²) in [5.74, 6) is -1.61. The highest BCUT2D eigenvalue weighted by Crippen LogP contribution is 2.53. The smallest absolute Gasteiger partial charge is 0.387 e. The van der Waals surface area contributed by atoms with Gasteiger partial charge in [-0.05, 0) is 38.5 Å². The summed E-state index contributed by atoms with van der Waals surface area (Å²) in [6.45, 7) is 2.29. The van der Waals surface area contributed by atoms with Gasteiger partial charge in [0, 0.05) is 10.8 Å². The van der Waals surface area contributed by atoms with Crippen molar-refractivity contribution in [3.63, 3.8) is 0 Å². The molecule has 0 radical (unpaired) electrons. The second kappa shape index (κ2) is 10.1. The molecular weight excluding hydrogens is 496 g/mol. The van der Waals surface area contributed by atoms with Crippen molar-refractivity contribution in [3.8, 4) is 28.9 Å². The molecule has 0 amide bonds. The summed E-state index contributed by atoms with van der Waals surface area (Å²) < 4.78 is 43.7. The van der Waals surface area contributed by atoms with Crippen LogP contribution >= 0.6 is 11.6 Å². The van der Waals surface area contributed by atoms with Crippen molar-refractivity contribution in [2.45, 2.75) is 39.9 Å². The summed E-state index contributed by atoms with van der Waals surface area (Å²) in [4.78, 5) is 11.8. The zero-order chi connectivity index (χ0) is 26.1. The Bertz CT molecular complexity index is 1380. The van der Waals surface area contributed by atoms with Crippen molar-refractivity contribution in [2.24, 2.45) is 0 Å². The van der Waals surface area contributed by atoms with Gasteiger partial charge in [-0.3, -0.25) is 4.79 Å². The molecule has 3 aromatic carbocycles. The van der Waals surface area contributed by atoms with Gasteiger partial charge in [0.25, 0.3) is 0 Å². The Kier molecular flexibility index (Phi) is 7.12. The van der Waals surface area contributed by atoms with E-state index in [0.29, 0.717) is 10.9 Å². The van der Waals surface area contributed by atoms with Crippen LogP contribution in [0.15, 0.2) is 42.5 Å². The Morgan fingerprint density at radius 2 is 1.58 bits per heavy atom. The van der Waals surface area contributed by atoms with E-state index >= 15 is 0 Å². The molecule has 1 heterocycles. The number of nitrogens with zero attached hydrogens (tertiary/aromatic N) is 1. The van der Waals surface area contributed by atoms with Crippen LogP contribution in [-0.4, -0.2) is 40.1 Å². The summed E-state index contributed by atoms with van der Waals surface area (Å²) >= 11 is 6.47. The van der Waals surface area contributed by atoms with Crippen LogP contribution in [0.25, 0.3) is 27.2 Å². The van der Waals surface area contributed by atoms with E-state index in [1.807, 2.05) is 0 Å². The number of halogens is 3. The Morgan fingerprint density at radius 3 is 2.08 bits per heavy atom. The van der Waals surface area contributed by atoms with Crippen LogP contribution in [0.2, 0.25) is 5.02 Å². The average Bonchev–Trinajstić information content (AvgIpc) is 3.06. The summed E-state index contributed by atoms with van der Waals surface area (Å²) in [6, 6.07) is 11.1. The van der Waals surface area contributed by atoms with E-state index in [1.54, 1.807) is 51.1 Å². The van der Waals surface area contributed by atoms with E-state index < -0.39 is 24.3 Å². The Morgan fingerprint density at radius 1 is 1.00 bits per heavy atom. The van der Waals surface area contributed by atoms with Crippen LogP contribution < -0.4 is 9.47 Å². The molecular formula is C26H24ClF2NO6. The van der Waals surface area contributed by atoms with E-state index in [1.165, 1.54) is 12.1 Å². The number of ether oxygens (including phenoxy) is 3. The third kappa shape index (κ3) is 4.58. The molecule has 190 valence electrons. The third-order valence-electron chi connectivity index (χ3n) is 5.46. The number of fused-ring (bicyclic) bond motifs is 2. The first-order valence-electron chi connectivity index (χ1n) is 11.2. The third-order valence-corrected chi connectivity index (χ3v) is 5.76. The number of aromatic hydroxyl groups is 2. The zero-order valence-corrected chi connectivity index (χ0v) is 20.5. The first-order chi connectivity index (χ1) is 17.1. The maximum atomic E-state index is 13.5. The lowest BCUT2D eigenvalue weighted by Crippen LogP contribution is -2.08. The topological polar surface area (TPSA) is 90.2 Å². The molecule has 0 fully saturated rings. The number of carbonyl (C=O) groups excluding carboxylic acids is 1. The molecule has 0 spiro atoms. The molecule has 0 aliphatic heterocycles. The molecule has 7 nitrogen and oxygen atoms in total. The summed E-state index contributed by atoms with van der Waals surface area (Å²) in [7, 11) is 0. The van der Waals surface area contributed by atoms with Crippen LogP contribution in [0.3, 0.4) is 0 Å². The van der Waals surface area contributed by atoms with Crippen molar-refractivity contribution in [3.05, 3.63) is 53.1 Å². The van der Waals surface area contributed by atoms with E-state index in [0.717, 1.165) is 4.57 Å². The molecule has 0 unspecified atom stereocenters. The minimum atomic E-state index is -3.19. The highest BCUT2D eigenvalue weighted by Gasteiger charge is 2.30. The van der Waals surface area contributed by atoms with Gasteiger partial charge >= 0.3 is 12.6 Å². The van der Waals surface area contributed by atoms with Crippen LogP contribution in [0.5, 0.6) is 23.3 Å². The molecule has 0 bridgehead atoms. The number of benzene rings is 3. The van der Waals surface area contributed by atoms with Crippen LogP contribution in [-0.2, 0) is 16.0 Å². The fourth-order valence-corrected chi connectivity index (χ4v) is 4.43. The maximum Gasteiger partial charge on any atom is 0.387 e. The molecule has 0 saturated heterocycles. The Balaban J connectivity index is 2.01. The lowest BCUT2D eigenvalue weighted by atomic mass is 10.0. The molecule has 4 aromatic rings. The van der Waals surface area contributed by atoms with Crippen molar-refractivity contribution >= 4 is 39.1 Å². The van der Waals surface area contributed by atoms with Gasteiger partial charge in [0.15, 0.2) is 0 Å². The molecule has 10 heteroatoms. The molecule has 1 aromatic heterocycles. The van der Waals surface area contributed by atoms with E-state index in [-0.39, 0.29) is 57.5 Å². The van der Waals surface area contributed by atoms with E-state index in [2.05, 4.69) is 0 Å². The minimum absolute atomic E-state index is 0.0118. The zero-order valence-electron chi connectivity index (χ0n) is 19.7. The van der Waals surface area contributed by atoms with Gasteiger partial charge in [-0.1, -0.05) is 41.9 Å². The van der Waals surface area contributed by atoms with E-state index in [4.69, 9.17) is 25.8 Å². The predicted octanol–water partition coefficient (Wildman–Crippen LogP) is 6.34. The number of carbonyl (C=O) groups is 1. The van der Waals surface area contributed by atoms with E-state index in [9.17, 15) is 23.8 Å². The molecule has 0 aliphatic carbocycles. The predicted molar refractivity (Wildman–Crippen MR) is 132 cm³/mol. The highest BCUT2D eigenvalue weighted by molar-refractivity contribution is 6.32. The molecule has 0 saturated carbocycles. The maximum absolute atomic E-state index is 13.5. The number of aromatic nitrogens is 1. The summed E-state index contributed by atoms with van der Waals surface area (Å²) in [5.41, 5.74) is 0.701. The first-order valence-corrected chi connectivity index (χ1v) is 11.6. The van der Waals surface area contributed by atoms with Gasteiger partial charge in [-0.15, -0.1) is 0 Å². The fourth-order valence-electron chi connectivity index (χ4n) is 4.14. The fraction of sp³-hybridized carbons (Fsp3) is 0.269. The summed E-state index contributed by atoms with van der Waals surface area (Å²) in [6.07, 6.45) is -0.363. The summed E-state index contributed by atoms with van der Waals surface area (Å²) in [5, 5.41) is 23.1. The number of esters is 1. The number of rotatable bonds is 8. The van der Waals surface area contributed by atoms with Gasteiger partial charge < -0.3 is 24.4 Å². The lowest BCUT2D eigenvalue weighted by molar-refractivity contribution is -0.142. The van der Waals surface area contributed by atoms with Gasteiger partial charge in [0.1, 0.15) is 11.5 Å². The van der Waals surface area contributed by atoms with Gasteiger partial charge in [-0.25, -0.2) is 4.57 Å². The molecule has 2 N–H and O–H groups in total. The number of alkyl halides is 2. The van der Waals surface area contributed by atoms with Crippen molar-refractivity contribution in [1.29, 1.82) is 0 Å². The lowest BCUT2D eigenvalue weighted by Gasteiger charge is -2.17. The second-order valence-corrected chi connectivity index (χ2v) is 8.66. The van der Waals surface area contributed by atoms with Crippen molar-refractivity contribution in [1.82, 2.24) is 4.57 Å². The first kappa shape index (κ1) is 25.4. The quantitative estimate of drug-likeness (QED) is 0.264. The van der Waals surface area contributed by atoms with Gasteiger partial charge in [-0.2, -0.15) is 8.78 Å². The van der Waals surface area contributed by atoms with Gasteiger partial charge in [0.05, 0.1) is 40.6 Å². The number of hydrogen-bond donors (Lipinski definition) is 2. The molecule has 4 rings (SSSR count). The SMILES string of the molecule is CCOC(=O)Cc1ccc(-n2c(O)c3c(OC(C)C)c4ccccc4c(OC(F)F)c3c2O)c(Cl)c1. The average molecular weight is 520 g/mol. The van der Waals surface area contributed by atoms with Crippen LogP contribution in [0.4, 0.5) is 8.78 Å². The monoisotopic (exact) mass is 519 g/mol. The second-order valence-electron chi connectivity index (χ2n) is 8.25.